The van der Waals surface area contributed by atoms with Crippen LogP contribution < -0.4 is 5.73 Å². The van der Waals surface area contributed by atoms with Crippen LogP contribution in [0.25, 0.3) is 0 Å². The van der Waals surface area contributed by atoms with E-state index in [1.807, 2.05) is 20.4 Å². The third-order valence-corrected chi connectivity index (χ3v) is 5.45. The van der Waals surface area contributed by atoms with Gasteiger partial charge in [0.1, 0.15) is 0 Å². The summed E-state index contributed by atoms with van der Waals surface area (Å²) in [6.45, 7) is 9.44. The number of nitrogens with two attached hydrogens (primary N) is 1. The maximum atomic E-state index is 5.94. The molecule has 0 saturated carbocycles. The van der Waals surface area contributed by atoms with E-state index in [2.05, 4.69) is 6.92 Å². The van der Waals surface area contributed by atoms with E-state index in [0.29, 0.717) is 13.2 Å². The standard InChI is InChI=1S/C8H21NO2Si/c1-5-8(9)12(4,10-6-2)11-7-3/h8H,5-7,9H2,1-4H3. The van der Waals surface area contributed by atoms with Gasteiger partial charge < -0.3 is 14.6 Å². The predicted molar refractivity (Wildman–Crippen MR) is 53.1 cm³/mol. The van der Waals surface area contributed by atoms with Gasteiger partial charge >= 0.3 is 8.56 Å². The van der Waals surface area contributed by atoms with E-state index in [4.69, 9.17) is 14.6 Å². The van der Waals surface area contributed by atoms with Gasteiger partial charge in [0.2, 0.25) is 0 Å². The normalized spacial score (nSPS) is 14.8. The summed E-state index contributed by atoms with van der Waals surface area (Å²) in [5.74, 6) is 0. The molecule has 1 unspecified atom stereocenters. The highest BCUT2D eigenvalue weighted by Gasteiger charge is 2.37. The van der Waals surface area contributed by atoms with Gasteiger partial charge in [-0.3, -0.25) is 0 Å². The van der Waals surface area contributed by atoms with Crippen LogP contribution in [0, 0.1) is 0 Å². The Kier molecular flexibility index (Phi) is 5.74. The SMILES string of the molecule is CCO[Si](C)(OCC)C(N)CC. The minimum absolute atomic E-state index is 0.0809. The second kappa shape index (κ2) is 5.69. The highest BCUT2D eigenvalue weighted by Crippen LogP contribution is 2.13. The summed E-state index contributed by atoms with van der Waals surface area (Å²) in [6, 6.07) is 0. The van der Waals surface area contributed by atoms with Crippen molar-refractivity contribution in [2.24, 2.45) is 5.73 Å². The first-order chi connectivity index (χ1) is 5.60. The second-order valence-corrected chi connectivity index (χ2v) is 6.25. The molecule has 0 aromatic heterocycles. The fourth-order valence-electron chi connectivity index (χ4n) is 1.20. The molecule has 0 saturated heterocycles. The van der Waals surface area contributed by atoms with Crippen molar-refractivity contribution in [2.45, 2.75) is 39.4 Å². The Morgan fingerprint density at radius 2 is 1.58 bits per heavy atom. The summed E-state index contributed by atoms with van der Waals surface area (Å²) in [7, 11) is -2.08. The first-order valence-corrected chi connectivity index (χ1v) is 7.03. The number of hydrogen-bond acceptors (Lipinski definition) is 3. The minimum Gasteiger partial charge on any atom is -0.394 e. The molecule has 74 valence electrons. The number of hydrogen-bond donors (Lipinski definition) is 1. The lowest BCUT2D eigenvalue weighted by atomic mass is 10.5. The smallest absolute Gasteiger partial charge is 0.352 e. The summed E-state index contributed by atoms with van der Waals surface area (Å²) in [5.41, 5.74) is 6.02. The van der Waals surface area contributed by atoms with Crippen molar-refractivity contribution in [3.63, 3.8) is 0 Å². The van der Waals surface area contributed by atoms with Crippen molar-refractivity contribution in [1.29, 1.82) is 0 Å². The van der Waals surface area contributed by atoms with Gasteiger partial charge in [-0.2, -0.15) is 0 Å². The molecule has 0 radical (unpaired) electrons. The van der Waals surface area contributed by atoms with Gasteiger partial charge in [-0.1, -0.05) is 6.92 Å². The predicted octanol–water partition coefficient (Wildman–Crippen LogP) is 1.41. The first kappa shape index (κ1) is 12.1. The molecule has 12 heavy (non-hydrogen) atoms. The Morgan fingerprint density at radius 3 is 1.83 bits per heavy atom. The Bertz CT molecular complexity index is 116. The second-order valence-electron chi connectivity index (χ2n) is 2.90. The van der Waals surface area contributed by atoms with Gasteiger partial charge in [0.05, 0.1) is 0 Å². The molecule has 0 rings (SSSR count). The molecule has 0 aliphatic rings. The molecule has 4 heteroatoms. The average molecular weight is 191 g/mol. The first-order valence-electron chi connectivity index (χ1n) is 4.64. The molecular weight excluding hydrogens is 170 g/mol. The van der Waals surface area contributed by atoms with Crippen LogP contribution in [0.2, 0.25) is 6.55 Å². The maximum absolute atomic E-state index is 5.94. The molecule has 1 atom stereocenters. The zero-order valence-electron chi connectivity index (χ0n) is 8.59. The Balaban J connectivity index is 4.15. The molecule has 3 nitrogen and oxygen atoms in total. The van der Waals surface area contributed by atoms with Crippen molar-refractivity contribution in [3.8, 4) is 0 Å². The highest BCUT2D eigenvalue weighted by atomic mass is 28.4. The molecule has 2 N–H and O–H groups in total. The van der Waals surface area contributed by atoms with Gasteiger partial charge in [-0.15, -0.1) is 0 Å². The lowest BCUT2D eigenvalue weighted by Gasteiger charge is -2.30. The highest BCUT2D eigenvalue weighted by molar-refractivity contribution is 6.67. The topological polar surface area (TPSA) is 44.5 Å². The van der Waals surface area contributed by atoms with Gasteiger partial charge in [0.25, 0.3) is 0 Å². The molecule has 0 fully saturated rings. The third-order valence-electron chi connectivity index (χ3n) is 1.98. The fourth-order valence-corrected chi connectivity index (χ4v) is 3.60. The maximum Gasteiger partial charge on any atom is 0.352 e. The van der Waals surface area contributed by atoms with Crippen LogP contribution in [0.5, 0.6) is 0 Å². The van der Waals surface area contributed by atoms with Crippen molar-refractivity contribution in [3.05, 3.63) is 0 Å². The molecule has 0 aromatic rings. The summed E-state index contributed by atoms with van der Waals surface area (Å²) < 4.78 is 11.2. The van der Waals surface area contributed by atoms with Gasteiger partial charge in [-0.05, 0) is 26.8 Å². The van der Waals surface area contributed by atoms with Crippen molar-refractivity contribution in [1.82, 2.24) is 0 Å². The van der Waals surface area contributed by atoms with E-state index in [1.165, 1.54) is 0 Å². The molecule has 0 heterocycles. The molecule has 0 amide bonds. The quantitative estimate of drug-likeness (QED) is 0.646. The monoisotopic (exact) mass is 191 g/mol. The largest absolute Gasteiger partial charge is 0.394 e. The minimum atomic E-state index is -2.08. The summed E-state index contributed by atoms with van der Waals surface area (Å²) in [5, 5.41) is 0. The lowest BCUT2D eigenvalue weighted by Crippen LogP contribution is -2.55. The van der Waals surface area contributed by atoms with Crippen molar-refractivity contribution < 1.29 is 8.85 Å². The van der Waals surface area contributed by atoms with Crippen LogP contribution >= 0.6 is 0 Å². The van der Waals surface area contributed by atoms with Crippen LogP contribution in [-0.4, -0.2) is 27.4 Å². The van der Waals surface area contributed by atoms with E-state index in [-0.39, 0.29) is 5.67 Å². The number of rotatable bonds is 6. The van der Waals surface area contributed by atoms with E-state index in [0.717, 1.165) is 6.42 Å². The summed E-state index contributed by atoms with van der Waals surface area (Å²) >= 11 is 0. The average Bonchev–Trinajstić information content (AvgIpc) is 2.04. The van der Waals surface area contributed by atoms with Crippen LogP contribution in [0.15, 0.2) is 0 Å². The van der Waals surface area contributed by atoms with Crippen LogP contribution in [0.3, 0.4) is 0 Å². The molecule has 0 aromatic carbocycles. The molecule has 0 bridgehead atoms. The van der Waals surface area contributed by atoms with Gasteiger partial charge in [0, 0.05) is 18.9 Å². The lowest BCUT2D eigenvalue weighted by molar-refractivity contribution is 0.179. The third kappa shape index (κ3) is 3.22. The fraction of sp³-hybridized carbons (Fsp3) is 1.00. The zero-order chi connectivity index (χ0) is 9.61. The molecular formula is C8H21NO2Si. The van der Waals surface area contributed by atoms with Gasteiger partial charge in [0.15, 0.2) is 0 Å². The zero-order valence-corrected chi connectivity index (χ0v) is 9.59. The molecule has 0 aliphatic heterocycles. The van der Waals surface area contributed by atoms with Crippen molar-refractivity contribution >= 4 is 8.56 Å². The van der Waals surface area contributed by atoms with Crippen LogP contribution in [0.1, 0.15) is 27.2 Å². The van der Waals surface area contributed by atoms with Gasteiger partial charge in [-0.25, -0.2) is 0 Å². The van der Waals surface area contributed by atoms with E-state index in [9.17, 15) is 0 Å². The van der Waals surface area contributed by atoms with Crippen LogP contribution in [0.4, 0.5) is 0 Å². The van der Waals surface area contributed by atoms with E-state index in [1.54, 1.807) is 0 Å². The Hall–Kier alpha value is 0.0969. The summed E-state index contributed by atoms with van der Waals surface area (Å²) in [6.07, 6.45) is 0.919. The molecule has 0 spiro atoms. The van der Waals surface area contributed by atoms with Crippen LogP contribution in [-0.2, 0) is 8.85 Å². The van der Waals surface area contributed by atoms with E-state index < -0.39 is 8.56 Å². The Morgan fingerprint density at radius 1 is 1.17 bits per heavy atom. The summed E-state index contributed by atoms with van der Waals surface area (Å²) in [4.78, 5) is 0. The Labute approximate surface area is 76.5 Å². The van der Waals surface area contributed by atoms with Crippen molar-refractivity contribution in [2.75, 3.05) is 13.2 Å². The van der Waals surface area contributed by atoms with E-state index >= 15 is 0 Å². The molecule has 0 aliphatic carbocycles.